The summed E-state index contributed by atoms with van der Waals surface area (Å²) >= 11 is 6.53. The summed E-state index contributed by atoms with van der Waals surface area (Å²) in [4.78, 5) is 16.3. The van der Waals surface area contributed by atoms with Gasteiger partial charge in [0, 0.05) is 11.9 Å². The van der Waals surface area contributed by atoms with E-state index in [-0.39, 0.29) is 5.91 Å². The van der Waals surface area contributed by atoms with Crippen molar-refractivity contribution < 1.29 is 9.21 Å². The van der Waals surface area contributed by atoms with Crippen LogP contribution in [0.5, 0.6) is 0 Å². The molecule has 0 atom stereocenters. The first-order valence-corrected chi connectivity index (χ1v) is 7.99. The molecule has 7 nitrogen and oxygen atoms in total. The average molecular weight is 347 g/mol. The lowest BCUT2D eigenvalue weighted by Crippen LogP contribution is -2.10. The molecule has 118 valence electrons. The van der Waals surface area contributed by atoms with Crippen LogP contribution in [0.3, 0.4) is 0 Å². The first-order chi connectivity index (χ1) is 11.2. The molecule has 23 heavy (non-hydrogen) atoms. The third kappa shape index (κ3) is 3.46. The number of thiazole rings is 1. The van der Waals surface area contributed by atoms with Crippen molar-refractivity contribution in [1.82, 2.24) is 19.7 Å². The number of carbonyl (C=O) groups excluding carboxylic acids is 1. The van der Waals surface area contributed by atoms with E-state index >= 15 is 0 Å². The van der Waals surface area contributed by atoms with Crippen molar-refractivity contribution >= 4 is 34.6 Å². The Morgan fingerprint density at radius 3 is 3.22 bits per heavy atom. The molecular formula is C14H13N5O2S2. The second-order valence-corrected chi connectivity index (χ2v) is 5.88. The van der Waals surface area contributed by atoms with Crippen LogP contribution in [0, 0.1) is 4.77 Å². The first-order valence-electron chi connectivity index (χ1n) is 6.70. The Balaban J connectivity index is 1.71. The molecule has 3 aromatic rings. The monoisotopic (exact) mass is 347 g/mol. The number of furan rings is 1. The second-order valence-electron chi connectivity index (χ2n) is 4.63. The summed E-state index contributed by atoms with van der Waals surface area (Å²) in [5.41, 5.74) is 1.26. The number of amides is 1. The summed E-state index contributed by atoms with van der Waals surface area (Å²) in [5.74, 6) is 0.516. The van der Waals surface area contributed by atoms with E-state index < -0.39 is 0 Å². The van der Waals surface area contributed by atoms with E-state index in [4.69, 9.17) is 16.6 Å². The lowest BCUT2D eigenvalue weighted by Gasteiger charge is -2.01. The number of aromatic amines is 1. The highest BCUT2D eigenvalue weighted by Crippen LogP contribution is 2.18. The molecular weight excluding hydrogens is 334 g/mol. The summed E-state index contributed by atoms with van der Waals surface area (Å²) in [5, 5.41) is 12.1. The predicted molar refractivity (Wildman–Crippen MR) is 89.2 cm³/mol. The Hall–Kier alpha value is -2.52. The summed E-state index contributed by atoms with van der Waals surface area (Å²) in [6.07, 6.45) is 5.10. The van der Waals surface area contributed by atoms with Gasteiger partial charge in [-0.1, -0.05) is 6.08 Å². The van der Waals surface area contributed by atoms with Crippen molar-refractivity contribution in [2.24, 2.45) is 0 Å². The van der Waals surface area contributed by atoms with E-state index in [0.717, 1.165) is 11.5 Å². The molecule has 0 radical (unpaired) electrons. The number of rotatable bonds is 6. The molecule has 0 fully saturated rings. The molecule has 0 aliphatic rings. The van der Waals surface area contributed by atoms with Crippen LogP contribution in [0.4, 0.5) is 5.13 Å². The maximum absolute atomic E-state index is 11.9. The van der Waals surface area contributed by atoms with Crippen LogP contribution in [0.15, 0.2) is 41.0 Å². The van der Waals surface area contributed by atoms with Gasteiger partial charge in [-0.05, 0) is 18.3 Å². The van der Waals surface area contributed by atoms with Gasteiger partial charge in [0.1, 0.15) is 12.1 Å². The van der Waals surface area contributed by atoms with Gasteiger partial charge in [-0.25, -0.2) is 4.98 Å². The normalized spacial score (nSPS) is 10.6. The van der Waals surface area contributed by atoms with Gasteiger partial charge in [0.05, 0.1) is 23.9 Å². The molecule has 0 aliphatic carbocycles. The Morgan fingerprint density at radius 2 is 2.48 bits per heavy atom. The van der Waals surface area contributed by atoms with Crippen molar-refractivity contribution in [3.8, 4) is 0 Å². The van der Waals surface area contributed by atoms with Crippen molar-refractivity contribution in [2.75, 3.05) is 5.32 Å². The Morgan fingerprint density at radius 1 is 1.61 bits per heavy atom. The van der Waals surface area contributed by atoms with Gasteiger partial charge < -0.3 is 4.42 Å². The topological polar surface area (TPSA) is 88.7 Å². The molecule has 0 aromatic carbocycles. The average Bonchev–Trinajstić information content (AvgIpc) is 3.25. The molecule has 0 saturated carbocycles. The van der Waals surface area contributed by atoms with E-state index in [0.29, 0.717) is 28.4 Å². The third-order valence-corrected chi connectivity index (χ3v) is 4.16. The molecule has 2 N–H and O–H groups in total. The maximum atomic E-state index is 11.9. The molecule has 0 saturated heterocycles. The van der Waals surface area contributed by atoms with E-state index in [2.05, 4.69) is 27.1 Å². The zero-order valence-electron chi connectivity index (χ0n) is 12.0. The fraction of sp³-hybridized carbons (Fsp3) is 0.143. The largest absolute Gasteiger partial charge is 0.472 e. The summed E-state index contributed by atoms with van der Waals surface area (Å²) in [6, 6.07) is 1.59. The fourth-order valence-corrected chi connectivity index (χ4v) is 2.90. The maximum Gasteiger partial charge on any atom is 0.260 e. The van der Waals surface area contributed by atoms with Crippen molar-refractivity contribution in [3.63, 3.8) is 0 Å². The predicted octanol–water partition coefficient (Wildman–Crippen LogP) is 3.02. The van der Waals surface area contributed by atoms with Crippen LogP contribution in [0.1, 0.15) is 21.9 Å². The van der Waals surface area contributed by atoms with Gasteiger partial charge >= 0.3 is 0 Å². The minimum atomic E-state index is -0.256. The standard InChI is InChI=1S/C14H13N5O2S2/c1-2-4-19-11(17-18-14(19)22)6-10-8-23-13(15-10)16-12(20)9-3-5-21-7-9/h2-3,5,7-8H,1,4,6H2,(H,18,22)(H,15,16,20). The molecule has 0 aliphatic heterocycles. The van der Waals surface area contributed by atoms with Gasteiger partial charge in [0.25, 0.3) is 5.91 Å². The van der Waals surface area contributed by atoms with Crippen molar-refractivity contribution in [3.05, 3.63) is 58.5 Å². The molecule has 3 aromatic heterocycles. The van der Waals surface area contributed by atoms with Gasteiger partial charge in [-0.15, -0.1) is 17.9 Å². The zero-order chi connectivity index (χ0) is 16.2. The van der Waals surface area contributed by atoms with E-state index in [1.165, 1.54) is 23.9 Å². The van der Waals surface area contributed by atoms with E-state index in [1.54, 1.807) is 12.1 Å². The highest BCUT2D eigenvalue weighted by atomic mass is 32.1. The van der Waals surface area contributed by atoms with Gasteiger partial charge in [-0.3, -0.25) is 19.8 Å². The quantitative estimate of drug-likeness (QED) is 0.528. The number of hydrogen-bond acceptors (Lipinski definition) is 6. The van der Waals surface area contributed by atoms with Crippen LogP contribution >= 0.6 is 23.6 Å². The van der Waals surface area contributed by atoms with Crippen LogP contribution in [-0.4, -0.2) is 25.7 Å². The zero-order valence-corrected chi connectivity index (χ0v) is 13.6. The number of aromatic nitrogens is 4. The summed E-state index contributed by atoms with van der Waals surface area (Å²) in [6.45, 7) is 4.29. The minimum absolute atomic E-state index is 0.256. The van der Waals surface area contributed by atoms with Gasteiger partial charge in [0.15, 0.2) is 9.90 Å². The Bertz CT molecular complexity index is 875. The van der Waals surface area contributed by atoms with Gasteiger partial charge in [-0.2, -0.15) is 5.10 Å². The van der Waals surface area contributed by atoms with Crippen molar-refractivity contribution in [1.29, 1.82) is 0 Å². The van der Waals surface area contributed by atoms with Gasteiger partial charge in [0.2, 0.25) is 0 Å². The minimum Gasteiger partial charge on any atom is -0.472 e. The molecule has 3 rings (SSSR count). The van der Waals surface area contributed by atoms with E-state index in [9.17, 15) is 4.79 Å². The highest BCUT2D eigenvalue weighted by molar-refractivity contribution is 7.71. The SMILES string of the molecule is C=CCn1c(Cc2csc(NC(=O)c3ccoc3)n2)n[nH]c1=S. The molecule has 0 bridgehead atoms. The molecule has 9 heteroatoms. The van der Waals surface area contributed by atoms with Crippen LogP contribution in [-0.2, 0) is 13.0 Å². The fourth-order valence-electron chi connectivity index (χ4n) is 1.97. The number of nitrogens with zero attached hydrogens (tertiary/aromatic N) is 3. The number of H-pyrrole nitrogens is 1. The van der Waals surface area contributed by atoms with Crippen LogP contribution < -0.4 is 5.32 Å². The first kappa shape index (κ1) is 15.4. The molecule has 0 unspecified atom stereocenters. The second kappa shape index (κ2) is 6.71. The number of carbonyl (C=O) groups is 1. The Kier molecular flexibility index (Phi) is 4.49. The summed E-state index contributed by atoms with van der Waals surface area (Å²) < 4.78 is 7.28. The number of hydrogen-bond donors (Lipinski definition) is 2. The lowest BCUT2D eigenvalue weighted by molar-refractivity contribution is 0.102. The number of anilines is 1. The smallest absolute Gasteiger partial charge is 0.260 e. The number of nitrogens with one attached hydrogen (secondary N) is 2. The summed E-state index contributed by atoms with van der Waals surface area (Å²) in [7, 11) is 0. The van der Waals surface area contributed by atoms with Crippen LogP contribution in [0.25, 0.3) is 0 Å². The third-order valence-electron chi connectivity index (χ3n) is 3.04. The Labute approximate surface area is 140 Å². The van der Waals surface area contributed by atoms with E-state index in [1.807, 2.05) is 9.95 Å². The highest BCUT2D eigenvalue weighted by Gasteiger charge is 2.12. The number of allylic oxidation sites excluding steroid dienone is 1. The molecule has 0 spiro atoms. The molecule has 1 amide bonds. The molecule has 3 heterocycles. The lowest BCUT2D eigenvalue weighted by atomic mass is 10.3. The van der Waals surface area contributed by atoms with Crippen LogP contribution in [0.2, 0.25) is 0 Å². The van der Waals surface area contributed by atoms with Crippen molar-refractivity contribution in [2.45, 2.75) is 13.0 Å².